The minimum Gasteiger partial charge on any atom is -0.324 e. The van der Waals surface area contributed by atoms with E-state index >= 15 is 0 Å². The largest absolute Gasteiger partial charge is 0.324 e. The average molecular weight is 340 g/mol. The van der Waals surface area contributed by atoms with Gasteiger partial charge in [0.2, 0.25) is 0 Å². The normalized spacial score (nSPS) is 23.9. The second-order valence-corrected chi connectivity index (χ2v) is 12.8. The van der Waals surface area contributed by atoms with Crippen LogP contribution in [0.15, 0.2) is 48.1 Å². The summed E-state index contributed by atoms with van der Waals surface area (Å²) in [7, 11) is -1.43. The molecule has 0 N–H and O–H groups in total. The SMILES string of the molecule is CCN(CC)[Si](C)(C)C/C(=C\C1=CCC2CC1C2)c1ccccc1. The van der Waals surface area contributed by atoms with Crippen molar-refractivity contribution in [3.63, 3.8) is 0 Å². The summed E-state index contributed by atoms with van der Waals surface area (Å²) in [5.41, 5.74) is 4.61. The molecule has 2 bridgehead atoms. The minimum absolute atomic E-state index is 0.848. The van der Waals surface area contributed by atoms with Crippen molar-refractivity contribution in [2.45, 2.75) is 52.2 Å². The molecule has 0 aromatic heterocycles. The van der Waals surface area contributed by atoms with Gasteiger partial charge in [0.1, 0.15) is 8.24 Å². The van der Waals surface area contributed by atoms with E-state index in [1.165, 1.54) is 44.0 Å². The van der Waals surface area contributed by atoms with Crippen LogP contribution in [0.5, 0.6) is 0 Å². The van der Waals surface area contributed by atoms with Crippen LogP contribution in [0.25, 0.3) is 5.57 Å². The fraction of sp³-hybridized carbons (Fsp3) is 0.545. The summed E-state index contributed by atoms with van der Waals surface area (Å²) in [5, 5.41) is 0. The molecule has 1 aromatic rings. The summed E-state index contributed by atoms with van der Waals surface area (Å²) in [5.74, 6) is 1.84. The lowest BCUT2D eigenvalue weighted by Gasteiger charge is -2.41. The Kier molecular flexibility index (Phi) is 5.46. The van der Waals surface area contributed by atoms with Gasteiger partial charge in [0.05, 0.1) is 0 Å². The summed E-state index contributed by atoms with van der Waals surface area (Å²) in [6.07, 6.45) is 9.26. The smallest absolute Gasteiger partial charge is 0.126 e. The molecule has 0 radical (unpaired) electrons. The summed E-state index contributed by atoms with van der Waals surface area (Å²) in [6.45, 7) is 12.0. The van der Waals surface area contributed by atoms with Crippen LogP contribution in [0, 0.1) is 11.8 Å². The molecule has 1 saturated carbocycles. The maximum Gasteiger partial charge on any atom is 0.126 e. The Labute approximate surface area is 149 Å². The third-order valence-electron chi connectivity index (χ3n) is 6.12. The lowest BCUT2D eigenvalue weighted by molar-refractivity contribution is 0.214. The Morgan fingerprint density at radius 3 is 2.33 bits per heavy atom. The van der Waals surface area contributed by atoms with E-state index in [2.05, 4.69) is 74.0 Å². The number of nitrogens with zero attached hydrogens (tertiary/aromatic N) is 1. The van der Waals surface area contributed by atoms with E-state index in [1.807, 2.05) is 0 Å². The van der Waals surface area contributed by atoms with Crippen molar-refractivity contribution in [2.75, 3.05) is 13.1 Å². The van der Waals surface area contributed by atoms with E-state index in [9.17, 15) is 0 Å². The number of allylic oxidation sites excluding steroid dienone is 4. The van der Waals surface area contributed by atoms with Crippen LogP contribution in [0.1, 0.15) is 38.7 Å². The van der Waals surface area contributed by atoms with Gasteiger partial charge in [-0.15, -0.1) is 0 Å². The molecule has 0 spiro atoms. The Morgan fingerprint density at radius 2 is 1.79 bits per heavy atom. The first-order valence-corrected chi connectivity index (χ1v) is 12.9. The Balaban J connectivity index is 1.90. The minimum atomic E-state index is -1.43. The summed E-state index contributed by atoms with van der Waals surface area (Å²) >= 11 is 0. The van der Waals surface area contributed by atoms with Crippen molar-refractivity contribution in [1.29, 1.82) is 0 Å². The molecule has 3 aliphatic carbocycles. The monoisotopic (exact) mass is 339 g/mol. The zero-order chi connectivity index (χ0) is 17.2. The van der Waals surface area contributed by atoms with Crippen molar-refractivity contribution in [1.82, 2.24) is 4.57 Å². The highest BCUT2D eigenvalue weighted by atomic mass is 28.3. The highest BCUT2D eigenvalue weighted by molar-refractivity contribution is 6.76. The zero-order valence-corrected chi connectivity index (χ0v) is 16.9. The molecule has 2 heteroatoms. The van der Waals surface area contributed by atoms with Gasteiger partial charge in [-0.1, -0.05) is 69.4 Å². The van der Waals surface area contributed by atoms with Gasteiger partial charge < -0.3 is 4.57 Å². The highest BCUT2D eigenvalue weighted by Crippen LogP contribution is 2.47. The lowest BCUT2D eigenvalue weighted by atomic mass is 9.65. The molecule has 0 amide bonds. The van der Waals surface area contributed by atoms with Crippen molar-refractivity contribution in [3.05, 3.63) is 53.6 Å². The topological polar surface area (TPSA) is 3.24 Å². The van der Waals surface area contributed by atoms with Gasteiger partial charge >= 0.3 is 0 Å². The van der Waals surface area contributed by atoms with Gasteiger partial charge in [-0.05, 0) is 66.9 Å². The highest BCUT2D eigenvalue weighted by Gasteiger charge is 2.35. The molecule has 0 saturated heterocycles. The quantitative estimate of drug-likeness (QED) is 0.553. The van der Waals surface area contributed by atoms with Crippen LogP contribution < -0.4 is 0 Å². The summed E-state index contributed by atoms with van der Waals surface area (Å²) in [4.78, 5) is 0. The molecule has 4 rings (SSSR count). The molecule has 0 heterocycles. The molecular weight excluding hydrogens is 306 g/mol. The lowest BCUT2D eigenvalue weighted by Crippen LogP contribution is -2.48. The molecule has 1 aromatic carbocycles. The second-order valence-electron chi connectivity index (χ2n) is 8.17. The van der Waals surface area contributed by atoms with Crippen molar-refractivity contribution >= 4 is 13.8 Å². The Morgan fingerprint density at radius 1 is 1.12 bits per heavy atom. The standard InChI is InChI=1S/C22H33NSi/c1-5-23(6-2)24(3,4)17-22(19-10-8-7-9-11-19)16-20-13-12-18-14-21(20)15-18/h7-11,13,16,18,21H,5-6,12,14-15,17H2,1-4H3/b22-16+. The van der Waals surface area contributed by atoms with Crippen LogP contribution >= 0.6 is 0 Å². The van der Waals surface area contributed by atoms with Crippen molar-refractivity contribution < 1.29 is 0 Å². The fourth-order valence-corrected chi connectivity index (χ4v) is 7.77. The zero-order valence-electron chi connectivity index (χ0n) is 15.9. The maximum atomic E-state index is 2.72. The van der Waals surface area contributed by atoms with Crippen molar-refractivity contribution in [3.8, 4) is 0 Å². The van der Waals surface area contributed by atoms with Crippen LogP contribution in [0.3, 0.4) is 0 Å². The van der Waals surface area contributed by atoms with E-state index < -0.39 is 8.24 Å². The maximum absolute atomic E-state index is 2.72. The van der Waals surface area contributed by atoms with E-state index in [4.69, 9.17) is 0 Å². The predicted molar refractivity (Wildman–Crippen MR) is 109 cm³/mol. The number of rotatable bonds is 7. The predicted octanol–water partition coefficient (Wildman–Crippen LogP) is 5.97. The van der Waals surface area contributed by atoms with E-state index in [0.29, 0.717) is 0 Å². The van der Waals surface area contributed by atoms with Gasteiger partial charge in [0, 0.05) is 0 Å². The molecule has 0 unspecified atom stereocenters. The van der Waals surface area contributed by atoms with Gasteiger partial charge in [0.25, 0.3) is 0 Å². The Bertz CT molecular complexity index is 604. The third-order valence-corrected chi connectivity index (χ3v) is 9.71. The van der Waals surface area contributed by atoms with Crippen LogP contribution in [-0.2, 0) is 0 Å². The van der Waals surface area contributed by atoms with E-state index in [-0.39, 0.29) is 0 Å². The third kappa shape index (κ3) is 3.75. The molecular formula is C22H33NSi. The number of benzene rings is 1. The fourth-order valence-electron chi connectivity index (χ4n) is 4.59. The summed E-state index contributed by atoms with van der Waals surface area (Å²) < 4.78 is 2.72. The van der Waals surface area contributed by atoms with Gasteiger partial charge in [0.15, 0.2) is 0 Å². The molecule has 0 aliphatic heterocycles. The second kappa shape index (κ2) is 7.41. The Hall–Kier alpha value is -1.12. The van der Waals surface area contributed by atoms with Crippen LogP contribution in [0.4, 0.5) is 0 Å². The number of hydrogen-bond donors (Lipinski definition) is 0. The molecule has 1 fully saturated rings. The first-order chi connectivity index (χ1) is 11.5. The molecule has 0 atom stereocenters. The molecule has 1 nitrogen and oxygen atoms in total. The first-order valence-electron chi connectivity index (χ1n) is 9.74. The van der Waals surface area contributed by atoms with Gasteiger partial charge in [-0.25, -0.2) is 0 Å². The average Bonchev–Trinajstić information content (AvgIpc) is 2.55. The van der Waals surface area contributed by atoms with E-state index in [1.54, 1.807) is 11.1 Å². The van der Waals surface area contributed by atoms with Crippen LogP contribution in [0.2, 0.25) is 19.1 Å². The first kappa shape index (κ1) is 17.7. The molecule has 3 aliphatic rings. The number of hydrogen-bond acceptors (Lipinski definition) is 1. The summed E-state index contributed by atoms with van der Waals surface area (Å²) in [6, 6.07) is 12.3. The van der Waals surface area contributed by atoms with Gasteiger partial charge in [-0.2, -0.15) is 0 Å². The molecule has 130 valence electrons. The van der Waals surface area contributed by atoms with Gasteiger partial charge in [-0.3, -0.25) is 0 Å². The number of fused-ring (bicyclic) bond motifs is 1. The van der Waals surface area contributed by atoms with Crippen molar-refractivity contribution in [2.24, 2.45) is 11.8 Å². The van der Waals surface area contributed by atoms with E-state index in [0.717, 1.165) is 11.8 Å². The van der Waals surface area contributed by atoms with Crippen LogP contribution in [-0.4, -0.2) is 25.9 Å². The molecule has 24 heavy (non-hydrogen) atoms.